The van der Waals surface area contributed by atoms with E-state index in [2.05, 4.69) is 65.5 Å². The molecular weight excluding hydrogens is 238 g/mol. The largest absolute Gasteiger partial charge is 0.223 e. The molecular formula is C16H12NS+. The molecule has 2 aliphatic heterocycles. The van der Waals surface area contributed by atoms with Gasteiger partial charge >= 0.3 is 0 Å². The second-order valence-electron chi connectivity index (χ2n) is 4.57. The van der Waals surface area contributed by atoms with E-state index in [0.717, 1.165) is 0 Å². The maximum Gasteiger partial charge on any atom is 0.223 e. The van der Waals surface area contributed by atoms with Crippen LogP contribution in [0.4, 0.5) is 0 Å². The number of fused-ring (bicyclic) bond motifs is 5. The van der Waals surface area contributed by atoms with E-state index in [-0.39, 0.29) is 0 Å². The summed E-state index contributed by atoms with van der Waals surface area (Å²) in [5.74, 6) is 0. The van der Waals surface area contributed by atoms with Gasteiger partial charge in [0.15, 0.2) is 0 Å². The second-order valence-corrected chi connectivity index (χ2v) is 5.48. The second kappa shape index (κ2) is 3.53. The standard InChI is InChI=1S/C16H12NS/c1-17-14-8-4-2-6-11(14)13-10-18-15-9-5-3-7-12(15)16(13)17/h2-10H,1H3/q+1. The molecule has 0 N–H and O–H groups in total. The van der Waals surface area contributed by atoms with E-state index in [9.17, 15) is 0 Å². The molecule has 0 aromatic heterocycles. The number of hydrogen-bond donors (Lipinski definition) is 0. The number of para-hydroxylation sites is 1. The number of nitrogens with zero attached hydrogens (tertiary/aromatic N) is 1. The summed E-state index contributed by atoms with van der Waals surface area (Å²) in [5.41, 5.74) is 4.00. The maximum atomic E-state index is 2.31. The highest BCUT2D eigenvalue weighted by Gasteiger charge is 2.25. The fourth-order valence-electron chi connectivity index (χ4n) is 2.76. The molecule has 0 amide bonds. The van der Waals surface area contributed by atoms with Crippen LogP contribution in [-0.2, 0) is 7.05 Å². The van der Waals surface area contributed by atoms with Gasteiger partial charge in [0.1, 0.15) is 7.05 Å². The van der Waals surface area contributed by atoms with Gasteiger partial charge in [-0.25, -0.2) is 0 Å². The van der Waals surface area contributed by atoms with Gasteiger partial charge in [0, 0.05) is 16.1 Å². The summed E-state index contributed by atoms with van der Waals surface area (Å²) in [5, 5.41) is 4.97. The Morgan fingerprint density at radius 2 is 1.61 bits per heavy atom. The van der Waals surface area contributed by atoms with Crippen molar-refractivity contribution in [3.05, 3.63) is 53.9 Å². The van der Waals surface area contributed by atoms with Crippen LogP contribution in [-0.4, -0.2) is 0 Å². The fourth-order valence-corrected chi connectivity index (χ4v) is 3.69. The van der Waals surface area contributed by atoms with Crippen molar-refractivity contribution in [3.63, 3.8) is 0 Å². The van der Waals surface area contributed by atoms with Crippen molar-refractivity contribution >= 4 is 32.3 Å². The molecule has 0 atom stereocenters. The Morgan fingerprint density at radius 1 is 0.889 bits per heavy atom. The minimum Gasteiger partial charge on any atom is -0.193 e. The summed E-state index contributed by atoms with van der Waals surface area (Å²) in [6.07, 6.45) is 0. The zero-order valence-electron chi connectivity index (χ0n) is 10.1. The topological polar surface area (TPSA) is 3.88 Å². The Balaban J connectivity index is 2.33. The van der Waals surface area contributed by atoms with Gasteiger partial charge in [0.2, 0.25) is 11.2 Å². The van der Waals surface area contributed by atoms with Crippen LogP contribution >= 0.6 is 11.3 Å². The average Bonchev–Trinajstić information content (AvgIpc) is 2.73. The van der Waals surface area contributed by atoms with Crippen LogP contribution in [0.1, 0.15) is 0 Å². The third-order valence-electron chi connectivity index (χ3n) is 3.59. The zero-order valence-corrected chi connectivity index (χ0v) is 10.9. The molecule has 0 saturated heterocycles. The van der Waals surface area contributed by atoms with Gasteiger partial charge in [0.25, 0.3) is 0 Å². The van der Waals surface area contributed by atoms with Crippen LogP contribution in [0.25, 0.3) is 32.2 Å². The summed E-state index contributed by atoms with van der Waals surface area (Å²) in [6, 6.07) is 17.2. The summed E-state index contributed by atoms with van der Waals surface area (Å²) >= 11 is 1.82. The van der Waals surface area contributed by atoms with Crippen molar-refractivity contribution in [1.82, 2.24) is 0 Å². The first kappa shape index (κ1) is 10.0. The maximum absolute atomic E-state index is 2.31. The van der Waals surface area contributed by atoms with Gasteiger partial charge < -0.3 is 0 Å². The molecule has 2 aliphatic rings. The Morgan fingerprint density at radius 3 is 2.50 bits per heavy atom. The molecule has 2 heterocycles. The van der Waals surface area contributed by atoms with E-state index in [4.69, 9.17) is 0 Å². The normalized spacial score (nSPS) is 11.6. The van der Waals surface area contributed by atoms with Crippen molar-refractivity contribution in [2.45, 2.75) is 0 Å². The number of rotatable bonds is 0. The molecule has 1 nitrogen and oxygen atoms in total. The third kappa shape index (κ3) is 1.18. The van der Waals surface area contributed by atoms with E-state index in [1.165, 1.54) is 32.2 Å². The van der Waals surface area contributed by atoms with Crippen molar-refractivity contribution in [2.75, 3.05) is 0 Å². The van der Waals surface area contributed by atoms with Crippen LogP contribution in [0.5, 0.6) is 0 Å². The minimum atomic E-state index is 1.30. The van der Waals surface area contributed by atoms with Gasteiger partial charge in [-0.2, -0.15) is 4.57 Å². The smallest absolute Gasteiger partial charge is 0.193 e. The van der Waals surface area contributed by atoms with Crippen LogP contribution < -0.4 is 4.57 Å². The van der Waals surface area contributed by atoms with E-state index in [0.29, 0.717) is 0 Å². The van der Waals surface area contributed by atoms with Crippen molar-refractivity contribution < 1.29 is 4.57 Å². The fraction of sp³-hybridized carbons (Fsp3) is 0.0625. The quantitative estimate of drug-likeness (QED) is 0.416. The van der Waals surface area contributed by atoms with Crippen molar-refractivity contribution in [1.29, 1.82) is 0 Å². The highest BCUT2D eigenvalue weighted by atomic mass is 32.1. The van der Waals surface area contributed by atoms with Crippen LogP contribution in [0.2, 0.25) is 0 Å². The van der Waals surface area contributed by atoms with Crippen LogP contribution in [0.15, 0.2) is 53.9 Å². The Kier molecular flexibility index (Phi) is 1.97. The molecule has 0 spiro atoms. The molecule has 2 aromatic carbocycles. The summed E-state index contributed by atoms with van der Waals surface area (Å²) in [4.78, 5) is 0. The van der Waals surface area contributed by atoms with Gasteiger partial charge in [0.05, 0.1) is 16.3 Å². The SMILES string of the molecule is C[n+]1c2c3ccccc3scc-2c2ccccc21. The van der Waals surface area contributed by atoms with E-state index < -0.39 is 0 Å². The summed E-state index contributed by atoms with van der Waals surface area (Å²) in [7, 11) is 2.15. The molecule has 0 aliphatic carbocycles. The number of aryl methyl sites for hydroxylation is 1. The van der Waals surface area contributed by atoms with E-state index >= 15 is 0 Å². The summed E-state index contributed by atoms with van der Waals surface area (Å²) in [6.45, 7) is 0. The highest BCUT2D eigenvalue weighted by molar-refractivity contribution is 7.17. The zero-order chi connectivity index (χ0) is 12.1. The van der Waals surface area contributed by atoms with Gasteiger partial charge in [-0.15, -0.1) is 11.3 Å². The molecule has 86 valence electrons. The van der Waals surface area contributed by atoms with Crippen molar-refractivity contribution in [2.24, 2.45) is 7.05 Å². The first-order valence-corrected chi connectivity index (χ1v) is 6.91. The molecule has 18 heavy (non-hydrogen) atoms. The number of benzene rings is 2. The molecule has 2 heteroatoms. The van der Waals surface area contributed by atoms with Crippen LogP contribution in [0.3, 0.4) is 0 Å². The predicted molar refractivity (Wildman–Crippen MR) is 77.1 cm³/mol. The number of hydrogen-bond acceptors (Lipinski definition) is 1. The molecule has 0 saturated carbocycles. The lowest BCUT2D eigenvalue weighted by Crippen LogP contribution is -2.28. The molecule has 0 fully saturated rings. The van der Waals surface area contributed by atoms with E-state index in [1.807, 2.05) is 11.3 Å². The predicted octanol–water partition coefficient (Wildman–Crippen LogP) is 3.98. The Bertz CT molecular complexity index is 844. The molecule has 0 bridgehead atoms. The summed E-state index contributed by atoms with van der Waals surface area (Å²) < 4.78 is 3.65. The third-order valence-corrected chi connectivity index (χ3v) is 4.56. The highest BCUT2D eigenvalue weighted by Crippen LogP contribution is 2.36. The van der Waals surface area contributed by atoms with Crippen molar-refractivity contribution in [3.8, 4) is 11.3 Å². The monoisotopic (exact) mass is 250 g/mol. The molecule has 0 radical (unpaired) electrons. The van der Waals surface area contributed by atoms with E-state index in [1.54, 1.807) is 0 Å². The first-order valence-electron chi connectivity index (χ1n) is 6.03. The first-order chi connectivity index (χ1) is 8.86. The Hall–Kier alpha value is -1.93. The Labute approximate surface area is 109 Å². The van der Waals surface area contributed by atoms with Gasteiger partial charge in [-0.1, -0.05) is 24.3 Å². The van der Waals surface area contributed by atoms with Crippen LogP contribution in [0, 0.1) is 0 Å². The number of aromatic nitrogens is 1. The lowest BCUT2D eigenvalue weighted by molar-refractivity contribution is -0.630. The molecule has 2 aromatic rings. The average molecular weight is 250 g/mol. The molecule has 0 unspecified atom stereocenters. The van der Waals surface area contributed by atoms with Gasteiger partial charge in [-0.3, -0.25) is 0 Å². The lowest BCUT2D eigenvalue weighted by Gasteiger charge is -2.00. The molecule has 4 rings (SSSR count). The van der Waals surface area contributed by atoms with Gasteiger partial charge in [-0.05, 0) is 18.2 Å². The minimum absolute atomic E-state index is 1.30. The lowest BCUT2D eigenvalue weighted by atomic mass is 10.1.